The number of hydrogen-bond donors (Lipinski definition) is 3. The molecule has 2 aromatic heterocycles. The Morgan fingerprint density at radius 3 is 2.14 bits per heavy atom. The van der Waals surface area contributed by atoms with Crippen LogP contribution in [0.25, 0.3) is 11.4 Å². The highest BCUT2D eigenvalue weighted by molar-refractivity contribution is 7.99. The molecule has 2 heterocycles. The number of nitrogens with one attached hydrogen (secondary N) is 3. The molecule has 6 rings (SSSR count). The summed E-state index contributed by atoms with van der Waals surface area (Å²) in [5, 5.41) is 22.3. The zero-order valence-electron chi connectivity index (χ0n) is 34.3. The number of H-pyrrole nitrogens is 1. The molecule has 12 heteroatoms. The van der Waals surface area contributed by atoms with Crippen LogP contribution < -0.4 is 20.9 Å². The SMILES string of the molecule is CCCCCCCCCCCCCCCc1cccc(OCCCC(=O)Nc2ccccc2-n2[nH]c(Nc3ccccc3)c(Sc3nnnn3-c3ccccc3)c2=O)c1. The molecule has 0 saturated heterocycles. The number of tetrazole rings is 1. The van der Waals surface area contributed by atoms with Crippen LogP contribution in [0.3, 0.4) is 0 Å². The second-order valence-electron chi connectivity index (χ2n) is 14.9. The van der Waals surface area contributed by atoms with Crippen molar-refractivity contribution >= 4 is 34.9 Å². The van der Waals surface area contributed by atoms with Crippen molar-refractivity contribution in [3.05, 3.63) is 125 Å². The summed E-state index contributed by atoms with van der Waals surface area (Å²) in [6.07, 6.45) is 19.4. The number of nitrogens with zero attached hydrogens (tertiary/aromatic N) is 5. The third kappa shape index (κ3) is 13.5. The molecule has 0 aliphatic carbocycles. The summed E-state index contributed by atoms with van der Waals surface area (Å²) in [6, 6.07) is 34.6. The van der Waals surface area contributed by atoms with Crippen LogP contribution >= 0.6 is 11.8 Å². The number of benzene rings is 4. The quantitative estimate of drug-likeness (QED) is 0.0461. The molecule has 0 atom stereocenters. The molecule has 0 unspecified atom stereocenters. The number of para-hydroxylation sites is 4. The summed E-state index contributed by atoms with van der Waals surface area (Å²) < 4.78 is 9.08. The summed E-state index contributed by atoms with van der Waals surface area (Å²) in [6.45, 7) is 2.70. The number of hydrogen-bond acceptors (Lipinski definition) is 8. The first-order chi connectivity index (χ1) is 29.1. The number of aromatic amines is 1. The van der Waals surface area contributed by atoms with Gasteiger partial charge in [-0.15, -0.1) is 5.10 Å². The van der Waals surface area contributed by atoms with Crippen LogP contribution in [0.15, 0.2) is 124 Å². The minimum Gasteiger partial charge on any atom is -0.494 e. The molecule has 11 nitrogen and oxygen atoms in total. The Labute approximate surface area is 352 Å². The third-order valence-corrected chi connectivity index (χ3v) is 11.2. The lowest BCUT2D eigenvalue weighted by Gasteiger charge is -2.12. The molecule has 0 spiro atoms. The molecule has 0 saturated carbocycles. The lowest BCUT2D eigenvalue weighted by molar-refractivity contribution is -0.116. The Balaban J connectivity index is 0.988. The van der Waals surface area contributed by atoms with E-state index in [1.165, 1.54) is 93.7 Å². The van der Waals surface area contributed by atoms with Crippen molar-refractivity contribution < 1.29 is 9.53 Å². The normalized spacial score (nSPS) is 11.1. The van der Waals surface area contributed by atoms with Crippen LogP contribution in [0, 0.1) is 0 Å². The van der Waals surface area contributed by atoms with Gasteiger partial charge in [0.15, 0.2) is 0 Å². The first-order valence-corrected chi connectivity index (χ1v) is 22.2. The van der Waals surface area contributed by atoms with E-state index >= 15 is 0 Å². The standard InChI is InChI=1S/C47H58N8O3S/c1-2-3-4-5-6-7-8-9-10-11-12-13-16-25-37-26-23-31-40(36-37)58-35-24-34-43(56)49-41-32-21-22-33-42(41)55-46(57)44(45(51-55)48-38-27-17-14-18-28-38)59-47-50-52-53-54(47)39-29-19-15-20-30-39/h14-15,17-23,26-33,36,48,51H,2-13,16,24-25,34-35H2,1H3,(H,49,56). The Hall–Kier alpha value is -5.62. The van der Waals surface area contributed by atoms with Gasteiger partial charge in [-0.3, -0.25) is 14.7 Å². The minimum absolute atomic E-state index is 0.170. The number of carbonyl (C=O) groups excluding carboxylic acids is 1. The number of amides is 1. The van der Waals surface area contributed by atoms with E-state index in [4.69, 9.17) is 4.74 Å². The van der Waals surface area contributed by atoms with Crippen LogP contribution in [-0.4, -0.2) is 42.5 Å². The van der Waals surface area contributed by atoms with Crippen LogP contribution in [0.4, 0.5) is 17.2 Å². The number of aromatic nitrogens is 6. The predicted molar refractivity (Wildman–Crippen MR) is 239 cm³/mol. The fourth-order valence-corrected chi connectivity index (χ4v) is 7.91. The van der Waals surface area contributed by atoms with Gasteiger partial charge in [-0.25, -0.2) is 4.68 Å². The number of unbranched alkanes of at least 4 members (excludes halogenated alkanes) is 12. The van der Waals surface area contributed by atoms with Gasteiger partial charge in [-0.05, 0) is 95.5 Å². The van der Waals surface area contributed by atoms with Crippen molar-refractivity contribution in [1.82, 2.24) is 30.0 Å². The van der Waals surface area contributed by atoms with Crippen molar-refractivity contribution in [3.8, 4) is 17.1 Å². The van der Waals surface area contributed by atoms with Crippen molar-refractivity contribution in [1.29, 1.82) is 0 Å². The van der Waals surface area contributed by atoms with Crippen molar-refractivity contribution in [2.75, 3.05) is 17.2 Å². The number of aryl methyl sites for hydroxylation is 1. The zero-order chi connectivity index (χ0) is 40.9. The molecule has 4 aromatic carbocycles. The van der Waals surface area contributed by atoms with Gasteiger partial charge >= 0.3 is 0 Å². The van der Waals surface area contributed by atoms with Gasteiger partial charge in [-0.2, -0.15) is 4.68 Å². The molecule has 0 aliphatic rings. The van der Waals surface area contributed by atoms with Crippen LogP contribution in [0.2, 0.25) is 0 Å². The van der Waals surface area contributed by atoms with E-state index in [1.54, 1.807) is 16.8 Å². The van der Waals surface area contributed by atoms with E-state index in [0.29, 0.717) is 40.3 Å². The third-order valence-electron chi connectivity index (χ3n) is 10.2. The van der Waals surface area contributed by atoms with E-state index in [-0.39, 0.29) is 17.9 Å². The molecule has 6 aromatic rings. The first kappa shape index (κ1) is 43.0. The number of ether oxygens (including phenoxy) is 1. The molecule has 0 bridgehead atoms. The molecule has 1 amide bonds. The molecular formula is C47H58N8O3S. The number of anilines is 3. The molecule has 3 N–H and O–H groups in total. The van der Waals surface area contributed by atoms with Gasteiger partial charge < -0.3 is 15.4 Å². The van der Waals surface area contributed by atoms with Crippen molar-refractivity contribution in [2.24, 2.45) is 0 Å². The van der Waals surface area contributed by atoms with Crippen molar-refractivity contribution in [3.63, 3.8) is 0 Å². The highest BCUT2D eigenvalue weighted by Crippen LogP contribution is 2.33. The zero-order valence-corrected chi connectivity index (χ0v) is 35.1. The molecule has 59 heavy (non-hydrogen) atoms. The fourth-order valence-electron chi connectivity index (χ4n) is 7.05. The summed E-state index contributed by atoms with van der Waals surface area (Å²) in [7, 11) is 0. The minimum atomic E-state index is -0.331. The summed E-state index contributed by atoms with van der Waals surface area (Å²) in [4.78, 5) is 27.8. The summed E-state index contributed by atoms with van der Waals surface area (Å²) in [5.74, 6) is 1.12. The van der Waals surface area contributed by atoms with E-state index < -0.39 is 0 Å². The van der Waals surface area contributed by atoms with Gasteiger partial charge in [0, 0.05) is 12.1 Å². The Morgan fingerprint density at radius 1 is 0.746 bits per heavy atom. The highest BCUT2D eigenvalue weighted by Gasteiger charge is 2.22. The Morgan fingerprint density at radius 2 is 1.41 bits per heavy atom. The molecule has 0 fully saturated rings. The second-order valence-corrected chi connectivity index (χ2v) is 15.9. The molecular weight excluding hydrogens is 757 g/mol. The maximum Gasteiger partial charge on any atom is 0.287 e. The summed E-state index contributed by atoms with van der Waals surface area (Å²) in [5.41, 5.74) is 3.50. The number of rotatable bonds is 26. The van der Waals surface area contributed by atoms with Crippen LogP contribution in [0.1, 0.15) is 109 Å². The maximum atomic E-state index is 14.2. The van der Waals surface area contributed by atoms with E-state index in [9.17, 15) is 9.59 Å². The Bertz CT molecular complexity index is 2200. The van der Waals surface area contributed by atoms with E-state index in [1.807, 2.05) is 78.9 Å². The van der Waals surface area contributed by atoms with Crippen LogP contribution in [-0.2, 0) is 11.2 Å². The Kier molecular flexibility index (Phi) is 17.3. The predicted octanol–water partition coefficient (Wildman–Crippen LogP) is 11.5. The first-order valence-electron chi connectivity index (χ1n) is 21.4. The van der Waals surface area contributed by atoms with Crippen LogP contribution in [0.5, 0.6) is 5.75 Å². The largest absolute Gasteiger partial charge is 0.494 e. The second kappa shape index (κ2) is 23.7. The molecule has 0 aliphatic heterocycles. The number of carbonyl (C=O) groups is 1. The summed E-state index contributed by atoms with van der Waals surface area (Å²) >= 11 is 1.15. The topological polar surface area (TPSA) is 132 Å². The van der Waals surface area contributed by atoms with Gasteiger partial charge in [0.25, 0.3) is 5.56 Å². The maximum absolute atomic E-state index is 14.2. The average molecular weight is 815 g/mol. The lowest BCUT2D eigenvalue weighted by atomic mass is 10.0. The van der Waals surface area contributed by atoms with Crippen molar-refractivity contribution in [2.45, 2.75) is 120 Å². The molecule has 310 valence electrons. The highest BCUT2D eigenvalue weighted by atomic mass is 32.2. The van der Waals surface area contributed by atoms with Gasteiger partial charge in [0.05, 0.1) is 23.7 Å². The van der Waals surface area contributed by atoms with Gasteiger partial charge in [0.2, 0.25) is 11.1 Å². The van der Waals surface area contributed by atoms with Gasteiger partial charge in [-0.1, -0.05) is 145 Å². The monoisotopic (exact) mass is 814 g/mol. The molecule has 0 radical (unpaired) electrons. The smallest absolute Gasteiger partial charge is 0.287 e. The lowest BCUT2D eigenvalue weighted by Crippen LogP contribution is -2.19. The van der Waals surface area contributed by atoms with E-state index in [2.05, 4.69) is 56.4 Å². The van der Waals surface area contributed by atoms with Gasteiger partial charge in [0.1, 0.15) is 16.5 Å². The van der Waals surface area contributed by atoms with E-state index in [0.717, 1.165) is 35.3 Å². The average Bonchev–Trinajstić information content (AvgIpc) is 3.86. The fraction of sp³-hybridized carbons (Fsp3) is 0.383.